The van der Waals surface area contributed by atoms with Crippen LogP contribution in [-0.2, 0) is 0 Å². The van der Waals surface area contributed by atoms with Crippen molar-refractivity contribution in [2.75, 3.05) is 12.4 Å². The maximum Gasteiger partial charge on any atom is 0.221 e. The van der Waals surface area contributed by atoms with Crippen molar-refractivity contribution in [3.8, 4) is 5.88 Å². The zero-order chi connectivity index (χ0) is 12.3. The van der Waals surface area contributed by atoms with Crippen molar-refractivity contribution < 1.29 is 4.74 Å². The number of hydrogen-bond donors (Lipinski definition) is 2. The van der Waals surface area contributed by atoms with Crippen LogP contribution in [0.4, 0.5) is 5.82 Å². The van der Waals surface area contributed by atoms with Gasteiger partial charge < -0.3 is 15.8 Å². The van der Waals surface area contributed by atoms with E-state index in [1.165, 1.54) is 6.33 Å². The molecule has 0 fully saturated rings. The lowest BCUT2D eigenvalue weighted by atomic mass is 9.97. The zero-order valence-corrected chi connectivity index (χ0v) is 10.5. The molecular weight excluding hydrogens is 204 g/mol. The van der Waals surface area contributed by atoms with Crippen LogP contribution in [0.25, 0.3) is 0 Å². The molecule has 0 saturated heterocycles. The number of rotatable bonds is 4. The smallest absolute Gasteiger partial charge is 0.221 e. The molecule has 1 unspecified atom stereocenters. The minimum Gasteiger partial charge on any atom is -0.481 e. The normalized spacial score (nSPS) is 13.4. The molecule has 0 radical (unpaired) electrons. The highest BCUT2D eigenvalue weighted by atomic mass is 16.5. The third-order valence-electron chi connectivity index (χ3n) is 2.81. The molecule has 0 aliphatic heterocycles. The van der Waals surface area contributed by atoms with Gasteiger partial charge >= 0.3 is 0 Å². The highest BCUT2D eigenvalue weighted by Crippen LogP contribution is 2.23. The van der Waals surface area contributed by atoms with E-state index >= 15 is 0 Å². The number of anilines is 1. The van der Waals surface area contributed by atoms with Gasteiger partial charge in [-0.2, -0.15) is 0 Å². The molecule has 0 aliphatic carbocycles. The van der Waals surface area contributed by atoms with E-state index in [1.54, 1.807) is 7.11 Å². The molecule has 1 atom stereocenters. The van der Waals surface area contributed by atoms with Crippen molar-refractivity contribution in [2.24, 2.45) is 5.73 Å². The molecule has 1 aromatic heterocycles. The summed E-state index contributed by atoms with van der Waals surface area (Å²) in [6.07, 6.45) is 1.48. The minimum atomic E-state index is -0.232. The van der Waals surface area contributed by atoms with E-state index in [9.17, 15) is 0 Å². The molecule has 1 rings (SSSR count). The first-order valence-corrected chi connectivity index (χ1v) is 5.28. The summed E-state index contributed by atoms with van der Waals surface area (Å²) in [4.78, 5) is 8.22. The second-order valence-electron chi connectivity index (χ2n) is 4.49. The van der Waals surface area contributed by atoms with Gasteiger partial charge in [0.15, 0.2) is 0 Å². The summed E-state index contributed by atoms with van der Waals surface area (Å²) in [5.41, 5.74) is 6.56. The van der Waals surface area contributed by atoms with Crippen molar-refractivity contribution in [3.63, 3.8) is 0 Å². The second kappa shape index (κ2) is 4.65. The average Bonchev–Trinajstić information content (AvgIpc) is 2.20. The maximum atomic E-state index is 5.90. The van der Waals surface area contributed by atoms with Crippen LogP contribution in [0.3, 0.4) is 0 Å². The first-order valence-electron chi connectivity index (χ1n) is 5.28. The molecule has 16 heavy (non-hydrogen) atoms. The summed E-state index contributed by atoms with van der Waals surface area (Å²) in [6.45, 7) is 7.94. The fraction of sp³-hybridized carbons (Fsp3) is 0.636. The van der Waals surface area contributed by atoms with Crippen LogP contribution >= 0.6 is 0 Å². The molecule has 3 N–H and O–H groups in total. The molecule has 1 aromatic rings. The predicted octanol–water partition coefficient (Wildman–Crippen LogP) is 1.33. The van der Waals surface area contributed by atoms with E-state index in [1.807, 2.05) is 27.7 Å². The lowest BCUT2D eigenvalue weighted by Gasteiger charge is -2.31. The molecule has 1 heterocycles. The van der Waals surface area contributed by atoms with Gasteiger partial charge in [0.2, 0.25) is 5.88 Å². The van der Waals surface area contributed by atoms with E-state index in [0.717, 1.165) is 11.4 Å². The molecule has 0 bridgehead atoms. The quantitative estimate of drug-likeness (QED) is 0.807. The Hall–Kier alpha value is -1.36. The van der Waals surface area contributed by atoms with Gasteiger partial charge in [-0.3, -0.25) is 0 Å². The fourth-order valence-corrected chi connectivity index (χ4v) is 1.18. The van der Waals surface area contributed by atoms with Crippen LogP contribution in [0.15, 0.2) is 6.33 Å². The van der Waals surface area contributed by atoms with Crippen LogP contribution in [0.5, 0.6) is 5.88 Å². The van der Waals surface area contributed by atoms with Crippen molar-refractivity contribution >= 4 is 5.82 Å². The molecule has 0 amide bonds. The minimum absolute atomic E-state index is 0.00728. The Kier molecular flexibility index (Phi) is 3.70. The van der Waals surface area contributed by atoms with Crippen LogP contribution in [-0.4, -0.2) is 28.7 Å². The summed E-state index contributed by atoms with van der Waals surface area (Å²) in [5, 5.41) is 3.30. The van der Waals surface area contributed by atoms with Crippen molar-refractivity contribution in [2.45, 2.75) is 39.3 Å². The van der Waals surface area contributed by atoms with E-state index in [4.69, 9.17) is 10.5 Å². The standard InChI is InChI=1S/C11H20N4O/c1-7-9(13-6-14-10(7)16-5)15-11(3,4)8(2)12/h6,8H,12H2,1-5H3,(H,13,14,15). The highest BCUT2D eigenvalue weighted by molar-refractivity contribution is 5.49. The van der Waals surface area contributed by atoms with E-state index < -0.39 is 0 Å². The SMILES string of the molecule is COc1ncnc(NC(C)(C)C(C)N)c1C. The van der Waals surface area contributed by atoms with Crippen LogP contribution < -0.4 is 15.8 Å². The van der Waals surface area contributed by atoms with Gasteiger partial charge in [0.1, 0.15) is 12.1 Å². The molecule has 0 saturated carbocycles. The molecule has 0 spiro atoms. The lowest BCUT2D eigenvalue weighted by Crippen LogP contribution is -2.47. The highest BCUT2D eigenvalue weighted by Gasteiger charge is 2.24. The van der Waals surface area contributed by atoms with E-state index in [2.05, 4.69) is 15.3 Å². The summed E-state index contributed by atoms with van der Waals surface area (Å²) in [6, 6.07) is 0.00728. The second-order valence-corrected chi connectivity index (χ2v) is 4.49. The summed E-state index contributed by atoms with van der Waals surface area (Å²) in [5.74, 6) is 1.34. The first kappa shape index (κ1) is 12.7. The number of nitrogens with two attached hydrogens (primary N) is 1. The fourth-order valence-electron chi connectivity index (χ4n) is 1.18. The Balaban J connectivity index is 2.98. The van der Waals surface area contributed by atoms with Gasteiger partial charge in [-0.05, 0) is 27.7 Å². The third-order valence-corrected chi connectivity index (χ3v) is 2.81. The van der Waals surface area contributed by atoms with Crippen molar-refractivity contribution in [3.05, 3.63) is 11.9 Å². The molecule has 90 valence electrons. The van der Waals surface area contributed by atoms with E-state index in [0.29, 0.717) is 5.88 Å². The third kappa shape index (κ3) is 2.61. The Morgan fingerprint density at radius 1 is 1.44 bits per heavy atom. The van der Waals surface area contributed by atoms with Gasteiger partial charge in [-0.1, -0.05) is 0 Å². The molecule has 5 heteroatoms. The van der Waals surface area contributed by atoms with Crippen LogP contribution in [0, 0.1) is 6.92 Å². The van der Waals surface area contributed by atoms with Gasteiger partial charge in [0.05, 0.1) is 12.7 Å². The summed E-state index contributed by atoms with van der Waals surface area (Å²) < 4.78 is 5.14. The lowest BCUT2D eigenvalue weighted by molar-refractivity contribution is 0.393. The maximum absolute atomic E-state index is 5.90. The molecule has 0 aromatic carbocycles. The number of hydrogen-bond acceptors (Lipinski definition) is 5. The van der Waals surface area contributed by atoms with Gasteiger partial charge in [-0.25, -0.2) is 9.97 Å². The molecule has 0 aliphatic rings. The zero-order valence-electron chi connectivity index (χ0n) is 10.5. The number of ether oxygens (including phenoxy) is 1. The number of methoxy groups -OCH3 is 1. The average molecular weight is 224 g/mol. The van der Waals surface area contributed by atoms with E-state index in [-0.39, 0.29) is 11.6 Å². The number of aromatic nitrogens is 2. The van der Waals surface area contributed by atoms with Gasteiger partial charge in [0.25, 0.3) is 0 Å². The van der Waals surface area contributed by atoms with Crippen molar-refractivity contribution in [1.29, 1.82) is 0 Å². The Morgan fingerprint density at radius 3 is 2.56 bits per heavy atom. The monoisotopic (exact) mass is 224 g/mol. The number of nitrogens with one attached hydrogen (secondary N) is 1. The Labute approximate surface area is 96.4 Å². The predicted molar refractivity (Wildman–Crippen MR) is 64.7 cm³/mol. The first-order chi connectivity index (χ1) is 7.38. The molecular formula is C11H20N4O. The number of nitrogens with zero attached hydrogens (tertiary/aromatic N) is 2. The largest absolute Gasteiger partial charge is 0.481 e. The summed E-state index contributed by atoms with van der Waals surface area (Å²) in [7, 11) is 1.59. The Bertz CT molecular complexity index is 363. The summed E-state index contributed by atoms with van der Waals surface area (Å²) >= 11 is 0. The van der Waals surface area contributed by atoms with Gasteiger partial charge in [-0.15, -0.1) is 0 Å². The van der Waals surface area contributed by atoms with Crippen molar-refractivity contribution in [1.82, 2.24) is 9.97 Å². The van der Waals surface area contributed by atoms with Crippen LogP contribution in [0.2, 0.25) is 0 Å². The topological polar surface area (TPSA) is 73.1 Å². The molecule has 5 nitrogen and oxygen atoms in total. The van der Waals surface area contributed by atoms with Crippen LogP contribution in [0.1, 0.15) is 26.3 Å². The Morgan fingerprint density at radius 2 is 2.06 bits per heavy atom. The van der Waals surface area contributed by atoms with Gasteiger partial charge in [0, 0.05) is 11.6 Å².